The summed E-state index contributed by atoms with van der Waals surface area (Å²) in [5.74, 6) is 0.0249. The van der Waals surface area contributed by atoms with E-state index in [1.807, 2.05) is 46.3 Å². The molecule has 22 heavy (non-hydrogen) atoms. The van der Waals surface area contributed by atoms with Gasteiger partial charge in [-0.3, -0.25) is 9.48 Å². The van der Waals surface area contributed by atoms with Gasteiger partial charge >= 0.3 is 0 Å². The highest BCUT2D eigenvalue weighted by atomic mass is 16.3. The molecule has 0 aliphatic carbocycles. The fraction of sp³-hybridized carbons (Fsp3) is 0.765. The molecule has 0 bridgehead atoms. The summed E-state index contributed by atoms with van der Waals surface area (Å²) in [6, 6.07) is 0. The van der Waals surface area contributed by atoms with Crippen LogP contribution in [0.5, 0.6) is 0 Å². The first kappa shape index (κ1) is 18.7. The maximum Gasteiger partial charge on any atom is 0.223 e. The van der Waals surface area contributed by atoms with Crippen molar-refractivity contribution in [3.63, 3.8) is 0 Å². The predicted octanol–water partition coefficient (Wildman–Crippen LogP) is 2.13. The highest BCUT2D eigenvalue weighted by Crippen LogP contribution is 2.20. The Morgan fingerprint density at radius 2 is 2.05 bits per heavy atom. The molecule has 0 saturated heterocycles. The topological polar surface area (TPSA) is 67.2 Å². The molecule has 0 aromatic carbocycles. The lowest BCUT2D eigenvalue weighted by molar-refractivity contribution is -0.124. The molecule has 1 atom stereocenters. The van der Waals surface area contributed by atoms with E-state index in [0.29, 0.717) is 6.54 Å². The summed E-state index contributed by atoms with van der Waals surface area (Å²) in [5, 5.41) is 16.6. The average molecular weight is 309 g/mol. The lowest BCUT2D eigenvalue weighted by Crippen LogP contribution is -2.32. The number of rotatable bonds is 8. The largest absolute Gasteiger partial charge is 0.396 e. The maximum atomic E-state index is 12.2. The van der Waals surface area contributed by atoms with Gasteiger partial charge < -0.3 is 10.4 Å². The number of aliphatic hydroxyl groups excluding tert-OH is 1. The van der Waals surface area contributed by atoms with Crippen molar-refractivity contribution in [2.45, 2.75) is 53.9 Å². The zero-order valence-corrected chi connectivity index (χ0v) is 14.9. The maximum absolute atomic E-state index is 12.2. The van der Waals surface area contributed by atoms with E-state index >= 15 is 0 Å². The normalized spacial score (nSPS) is 13.2. The first-order valence-electron chi connectivity index (χ1n) is 8.05. The molecule has 0 fully saturated rings. The van der Waals surface area contributed by atoms with Crippen molar-refractivity contribution in [1.82, 2.24) is 15.1 Å². The van der Waals surface area contributed by atoms with Crippen LogP contribution >= 0.6 is 0 Å². The average Bonchev–Trinajstić information content (AvgIpc) is 2.69. The number of aryl methyl sites for hydroxylation is 2. The second-order valence-corrected chi connectivity index (χ2v) is 7.10. The van der Waals surface area contributed by atoms with Gasteiger partial charge in [0.05, 0.1) is 5.69 Å². The van der Waals surface area contributed by atoms with E-state index in [0.717, 1.165) is 30.7 Å². The van der Waals surface area contributed by atoms with E-state index in [1.165, 1.54) is 5.56 Å². The fourth-order valence-corrected chi connectivity index (χ4v) is 2.54. The molecule has 5 nitrogen and oxygen atoms in total. The van der Waals surface area contributed by atoms with Crippen molar-refractivity contribution in [3.05, 3.63) is 17.0 Å². The van der Waals surface area contributed by atoms with E-state index in [-0.39, 0.29) is 23.8 Å². The summed E-state index contributed by atoms with van der Waals surface area (Å²) in [7, 11) is 1.93. The number of hydrogen-bond donors (Lipinski definition) is 2. The summed E-state index contributed by atoms with van der Waals surface area (Å²) < 4.78 is 1.87. The molecule has 0 aliphatic heterocycles. The lowest BCUT2D eigenvalue weighted by Gasteiger charge is -2.21. The van der Waals surface area contributed by atoms with Crippen LogP contribution in [0.3, 0.4) is 0 Å². The van der Waals surface area contributed by atoms with Crippen molar-refractivity contribution >= 4 is 5.91 Å². The van der Waals surface area contributed by atoms with Gasteiger partial charge in [0.15, 0.2) is 0 Å². The summed E-state index contributed by atoms with van der Waals surface area (Å²) >= 11 is 0. The molecule has 126 valence electrons. The Kier molecular flexibility index (Phi) is 6.60. The Morgan fingerprint density at radius 3 is 2.55 bits per heavy atom. The minimum absolute atomic E-state index is 0.0625. The molecule has 1 aromatic heterocycles. The minimum atomic E-state index is -0.0692. The molecule has 0 spiro atoms. The van der Waals surface area contributed by atoms with Crippen molar-refractivity contribution < 1.29 is 9.90 Å². The number of carbonyl (C=O) groups is 1. The number of aromatic nitrogens is 2. The van der Waals surface area contributed by atoms with Gasteiger partial charge in [-0.05, 0) is 44.1 Å². The first-order valence-corrected chi connectivity index (χ1v) is 8.05. The lowest BCUT2D eigenvalue weighted by atomic mass is 9.89. The van der Waals surface area contributed by atoms with Crippen LogP contribution in [0.2, 0.25) is 0 Å². The first-order chi connectivity index (χ1) is 10.2. The predicted molar refractivity (Wildman–Crippen MR) is 88.7 cm³/mol. The van der Waals surface area contributed by atoms with Gasteiger partial charge in [-0.1, -0.05) is 20.8 Å². The third kappa shape index (κ3) is 5.13. The molecule has 1 heterocycles. The SMILES string of the molecule is Cc1nn(C)c(C)c1CC(C)C(=O)NCCCC(C)(C)CO. The molecule has 1 amide bonds. The van der Waals surface area contributed by atoms with Gasteiger partial charge in [0.2, 0.25) is 5.91 Å². The molecule has 1 aromatic rings. The van der Waals surface area contributed by atoms with Gasteiger partial charge in [-0.15, -0.1) is 0 Å². The molecule has 1 rings (SSSR count). The Balaban J connectivity index is 2.43. The monoisotopic (exact) mass is 309 g/mol. The Hall–Kier alpha value is -1.36. The highest BCUT2D eigenvalue weighted by molar-refractivity contribution is 5.78. The van der Waals surface area contributed by atoms with E-state index in [4.69, 9.17) is 0 Å². The van der Waals surface area contributed by atoms with Gasteiger partial charge in [-0.25, -0.2) is 0 Å². The zero-order chi connectivity index (χ0) is 16.9. The molecule has 5 heteroatoms. The van der Waals surface area contributed by atoms with Crippen LogP contribution in [-0.2, 0) is 18.3 Å². The third-order valence-electron chi connectivity index (χ3n) is 4.37. The third-order valence-corrected chi connectivity index (χ3v) is 4.37. The van der Waals surface area contributed by atoms with Gasteiger partial charge in [0.25, 0.3) is 0 Å². The van der Waals surface area contributed by atoms with Crippen molar-refractivity contribution in [2.75, 3.05) is 13.2 Å². The smallest absolute Gasteiger partial charge is 0.223 e. The number of carbonyl (C=O) groups excluding carboxylic acids is 1. The molecule has 1 unspecified atom stereocenters. The Bertz CT molecular complexity index is 506. The number of amides is 1. The van der Waals surface area contributed by atoms with Gasteiger partial charge in [0, 0.05) is 31.8 Å². The van der Waals surface area contributed by atoms with Crippen LogP contribution in [0.1, 0.15) is 50.6 Å². The summed E-state index contributed by atoms with van der Waals surface area (Å²) in [4.78, 5) is 12.2. The second-order valence-electron chi connectivity index (χ2n) is 7.10. The van der Waals surface area contributed by atoms with Crippen LogP contribution in [0.15, 0.2) is 0 Å². The zero-order valence-electron chi connectivity index (χ0n) is 14.9. The second kappa shape index (κ2) is 7.77. The number of aliphatic hydroxyl groups is 1. The van der Waals surface area contributed by atoms with E-state index in [2.05, 4.69) is 10.4 Å². The molecular formula is C17H31N3O2. The minimum Gasteiger partial charge on any atom is -0.396 e. The molecule has 0 radical (unpaired) electrons. The quantitative estimate of drug-likeness (QED) is 0.723. The summed E-state index contributed by atoms with van der Waals surface area (Å²) in [6.07, 6.45) is 2.51. The van der Waals surface area contributed by atoms with E-state index < -0.39 is 0 Å². The van der Waals surface area contributed by atoms with E-state index in [9.17, 15) is 9.90 Å². The Morgan fingerprint density at radius 1 is 1.41 bits per heavy atom. The molecule has 0 saturated carbocycles. The van der Waals surface area contributed by atoms with Crippen molar-refractivity contribution in [1.29, 1.82) is 0 Å². The van der Waals surface area contributed by atoms with Crippen LogP contribution in [0.25, 0.3) is 0 Å². The van der Waals surface area contributed by atoms with Crippen LogP contribution < -0.4 is 5.32 Å². The van der Waals surface area contributed by atoms with Gasteiger partial charge in [0.1, 0.15) is 0 Å². The highest BCUT2D eigenvalue weighted by Gasteiger charge is 2.19. The van der Waals surface area contributed by atoms with Crippen LogP contribution in [0, 0.1) is 25.2 Å². The standard InChI is InChI=1S/C17H31N3O2/c1-12(10-15-13(2)19-20(6)14(15)3)16(22)18-9-7-8-17(4,5)11-21/h12,21H,7-11H2,1-6H3,(H,18,22). The fourth-order valence-electron chi connectivity index (χ4n) is 2.54. The van der Waals surface area contributed by atoms with Crippen LogP contribution in [0.4, 0.5) is 0 Å². The Labute approximate surface area is 134 Å². The summed E-state index contributed by atoms with van der Waals surface area (Å²) in [5.41, 5.74) is 3.23. The number of nitrogens with one attached hydrogen (secondary N) is 1. The molecule has 0 aliphatic rings. The molecular weight excluding hydrogens is 278 g/mol. The van der Waals surface area contributed by atoms with Crippen molar-refractivity contribution in [3.8, 4) is 0 Å². The van der Waals surface area contributed by atoms with Crippen molar-refractivity contribution in [2.24, 2.45) is 18.4 Å². The van der Waals surface area contributed by atoms with Crippen LogP contribution in [-0.4, -0.2) is 33.9 Å². The number of nitrogens with zero attached hydrogens (tertiary/aromatic N) is 2. The van der Waals surface area contributed by atoms with Gasteiger partial charge in [-0.2, -0.15) is 5.10 Å². The number of hydrogen-bond acceptors (Lipinski definition) is 3. The summed E-state index contributed by atoms with van der Waals surface area (Å²) in [6.45, 7) is 10.9. The van der Waals surface area contributed by atoms with E-state index in [1.54, 1.807) is 0 Å². The molecule has 2 N–H and O–H groups in total.